The Hall–Kier alpha value is -1.42. The Labute approximate surface area is 113 Å². The molecule has 0 bridgehead atoms. The van der Waals surface area contributed by atoms with Gasteiger partial charge in [0.05, 0.1) is 4.99 Å². The lowest BCUT2D eigenvalue weighted by molar-refractivity contribution is -0.131. The van der Waals surface area contributed by atoms with E-state index in [1.807, 2.05) is 35.2 Å². The van der Waals surface area contributed by atoms with Crippen LogP contribution in [0, 0.1) is 0 Å². The Morgan fingerprint density at radius 3 is 2.61 bits per heavy atom. The lowest BCUT2D eigenvalue weighted by Gasteiger charge is -2.26. The molecule has 1 aromatic carbocycles. The molecule has 1 aliphatic rings. The van der Waals surface area contributed by atoms with Crippen molar-refractivity contribution in [3.05, 3.63) is 35.9 Å². The van der Waals surface area contributed by atoms with E-state index >= 15 is 0 Å². The highest BCUT2D eigenvalue weighted by Crippen LogP contribution is 2.24. The van der Waals surface area contributed by atoms with E-state index in [0.717, 1.165) is 24.9 Å². The molecule has 0 radical (unpaired) electrons. The zero-order valence-corrected chi connectivity index (χ0v) is 11.3. The van der Waals surface area contributed by atoms with E-state index in [9.17, 15) is 4.79 Å². The lowest BCUT2D eigenvalue weighted by atomic mass is 9.97. The first-order chi connectivity index (χ1) is 8.61. The summed E-state index contributed by atoms with van der Waals surface area (Å²) in [6.07, 6.45) is 2.12. The fourth-order valence-electron chi connectivity index (χ4n) is 2.50. The third kappa shape index (κ3) is 2.53. The largest absolute Gasteiger partial charge is 0.392 e. The molecular formula is C14H18N2OS. The number of thiocarbonyl (C=S) groups is 1. The van der Waals surface area contributed by atoms with Gasteiger partial charge in [-0.1, -0.05) is 42.5 Å². The topological polar surface area (TPSA) is 46.3 Å². The summed E-state index contributed by atoms with van der Waals surface area (Å²) >= 11 is 5.08. The fourth-order valence-corrected chi connectivity index (χ4v) is 2.74. The van der Waals surface area contributed by atoms with Crippen molar-refractivity contribution in [2.75, 3.05) is 6.54 Å². The summed E-state index contributed by atoms with van der Waals surface area (Å²) in [5.41, 5.74) is 6.65. The Bertz CT molecular complexity index is 446. The molecule has 0 aromatic heterocycles. The SMILES string of the molecule is CC1CCCN1C(=O)C(C(N)=S)c1ccccc1. The molecule has 1 heterocycles. The summed E-state index contributed by atoms with van der Waals surface area (Å²) in [6.45, 7) is 2.89. The average Bonchev–Trinajstić information content (AvgIpc) is 2.76. The number of hydrogen-bond acceptors (Lipinski definition) is 2. The number of nitrogens with two attached hydrogens (primary N) is 1. The maximum atomic E-state index is 12.6. The van der Waals surface area contributed by atoms with Gasteiger partial charge < -0.3 is 10.6 Å². The summed E-state index contributed by atoms with van der Waals surface area (Å²) in [7, 11) is 0. The monoisotopic (exact) mass is 262 g/mol. The van der Waals surface area contributed by atoms with Crippen LogP contribution in [0.15, 0.2) is 30.3 Å². The fraction of sp³-hybridized carbons (Fsp3) is 0.429. The normalized spacial score (nSPS) is 20.7. The van der Waals surface area contributed by atoms with E-state index < -0.39 is 5.92 Å². The summed E-state index contributed by atoms with van der Waals surface area (Å²) < 4.78 is 0. The van der Waals surface area contributed by atoms with Gasteiger partial charge in [-0.2, -0.15) is 0 Å². The summed E-state index contributed by atoms with van der Waals surface area (Å²) in [5.74, 6) is -0.444. The number of rotatable bonds is 3. The van der Waals surface area contributed by atoms with Gasteiger partial charge in [0.25, 0.3) is 0 Å². The standard InChI is InChI=1S/C14H18N2OS/c1-10-6-5-9-16(10)14(17)12(13(15)18)11-7-3-2-4-8-11/h2-4,7-8,10,12H,5-6,9H2,1H3,(H2,15,18). The van der Waals surface area contributed by atoms with Gasteiger partial charge in [0.2, 0.25) is 5.91 Å². The van der Waals surface area contributed by atoms with E-state index in [-0.39, 0.29) is 16.9 Å². The van der Waals surface area contributed by atoms with Crippen molar-refractivity contribution in [3.63, 3.8) is 0 Å². The van der Waals surface area contributed by atoms with Crippen LogP contribution in [0.3, 0.4) is 0 Å². The van der Waals surface area contributed by atoms with Gasteiger partial charge in [0.15, 0.2) is 0 Å². The minimum absolute atomic E-state index is 0.0405. The number of carbonyl (C=O) groups excluding carboxylic acids is 1. The predicted octanol–water partition coefficient (Wildman–Crippen LogP) is 2.07. The van der Waals surface area contributed by atoms with Crippen LogP contribution in [-0.4, -0.2) is 28.4 Å². The first-order valence-electron chi connectivity index (χ1n) is 6.26. The second-order valence-electron chi connectivity index (χ2n) is 4.77. The van der Waals surface area contributed by atoms with Gasteiger partial charge in [-0.25, -0.2) is 0 Å². The molecule has 1 aromatic rings. The Morgan fingerprint density at radius 2 is 2.11 bits per heavy atom. The molecule has 2 N–H and O–H groups in total. The van der Waals surface area contributed by atoms with Crippen molar-refractivity contribution in [2.24, 2.45) is 5.73 Å². The average molecular weight is 262 g/mol. The van der Waals surface area contributed by atoms with Crippen LogP contribution < -0.4 is 5.73 Å². The van der Waals surface area contributed by atoms with Crippen molar-refractivity contribution in [1.29, 1.82) is 0 Å². The van der Waals surface area contributed by atoms with Gasteiger partial charge in [-0.3, -0.25) is 4.79 Å². The number of benzene rings is 1. The van der Waals surface area contributed by atoms with Crippen LogP contribution >= 0.6 is 12.2 Å². The van der Waals surface area contributed by atoms with Gasteiger partial charge in [-0.05, 0) is 25.3 Å². The second-order valence-corrected chi connectivity index (χ2v) is 5.24. The number of hydrogen-bond donors (Lipinski definition) is 1. The van der Waals surface area contributed by atoms with Crippen LogP contribution in [0.5, 0.6) is 0 Å². The Morgan fingerprint density at radius 1 is 1.44 bits per heavy atom. The van der Waals surface area contributed by atoms with Gasteiger partial charge >= 0.3 is 0 Å². The van der Waals surface area contributed by atoms with Crippen molar-refractivity contribution in [3.8, 4) is 0 Å². The van der Waals surface area contributed by atoms with Crippen molar-refractivity contribution in [2.45, 2.75) is 31.7 Å². The quantitative estimate of drug-likeness (QED) is 0.848. The van der Waals surface area contributed by atoms with Crippen LogP contribution in [-0.2, 0) is 4.79 Å². The van der Waals surface area contributed by atoms with E-state index in [2.05, 4.69) is 6.92 Å². The van der Waals surface area contributed by atoms with Crippen LogP contribution in [0.4, 0.5) is 0 Å². The third-order valence-electron chi connectivity index (χ3n) is 3.50. The first-order valence-corrected chi connectivity index (χ1v) is 6.67. The molecule has 0 aliphatic carbocycles. The highest BCUT2D eigenvalue weighted by molar-refractivity contribution is 7.80. The summed E-state index contributed by atoms with van der Waals surface area (Å²) in [5, 5.41) is 0. The van der Waals surface area contributed by atoms with Crippen LogP contribution in [0.25, 0.3) is 0 Å². The minimum atomic E-state index is -0.484. The number of amides is 1. The zero-order valence-electron chi connectivity index (χ0n) is 10.5. The molecule has 1 fully saturated rings. The predicted molar refractivity (Wildman–Crippen MR) is 76.4 cm³/mol. The number of likely N-dealkylation sites (tertiary alicyclic amines) is 1. The maximum Gasteiger partial charge on any atom is 0.237 e. The number of carbonyl (C=O) groups is 1. The first kappa shape index (κ1) is 13.0. The van der Waals surface area contributed by atoms with Crippen LogP contribution in [0.2, 0.25) is 0 Å². The maximum absolute atomic E-state index is 12.6. The molecular weight excluding hydrogens is 244 g/mol. The summed E-state index contributed by atoms with van der Waals surface area (Å²) in [4.78, 5) is 14.7. The molecule has 1 aliphatic heterocycles. The number of nitrogens with zero attached hydrogens (tertiary/aromatic N) is 1. The van der Waals surface area contributed by atoms with Crippen molar-refractivity contribution < 1.29 is 4.79 Å². The van der Waals surface area contributed by atoms with E-state index in [4.69, 9.17) is 18.0 Å². The molecule has 3 nitrogen and oxygen atoms in total. The van der Waals surface area contributed by atoms with Crippen molar-refractivity contribution >= 4 is 23.1 Å². The van der Waals surface area contributed by atoms with Gasteiger partial charge in [0.1, 0.15) is 5.92 Å². The van der Waals surface area contributed by atoms with E-state index in [1.165, 1.54) is 0 Å². The second kappa shape index (κ2) is 5.48. The van der Waals surface area contributed by atoms with Gasteiger partial charge in [-0.15, -0.1) is 0 Å². The molecule has 0 spiro atoms. The Balaban J connectivity index is 2.26. The smallest absolute Gasteiger partial charge is 0.237 e. The third-order valence-corrected chi connectivity index (χ3v) is 3.74. The lowest BCUT2D eigenvalue weighted by Crippen LogP contribution is -2.41. The van der Waals surface area contributed by atoms with Gasteiger partial charge in [0, 0.05) is 12.6 Å². The molecule has 18 heavy (non-hydrogen) atoms. The summed E-state index contributed by atoms with van der Waals surface area (Å²) in [6, 6.07) is 9.83. The minimum Gasteiger partial charge on any atom is -0.392 e. The highest BCUT2D eigenvalue weighted by Gasteiger charge is 2.32. The molecule has 96 valence electrons. The molecule has 1 amide bonds. The molecule has 4 heteroatoms. The van der Waals surface area contributed by atoms with E-state index in [0.29, 0.717) is 0 Å². The van der Waals surface area contributed by atoms with E-state index in [1.54, 1.807) is 0 Å². The molecule has 2 rings (SSSR count). The highest BCUT2D eigenvalue weighted by atomic mass is 32.1. The Kier molecular flexibility index (Phi) is 3.97. The van der Waals surface area contributed by atoms with Crippen molar-refractivity contribution in [1.82, 2.24) is 4.90 Å². The molecule has 0 saturated carbocycles. The zero-order chi connectivity index (χ0) is 13.1. The molecule has 2 unspecified atom stereocenters. The molecule has 1 saturated heterocycles. The molecule has 2 atom stereocenters. The van der Waals surface area contributed by atoms with Crippen LogP contribution in [0.1, 0.15) is 31.2 Å².